The van der Waals surface area contributed by atoms with Gasteiger partial charge in [0.2, 0.25) is 0 Å². The summed E-state index contributed by atoms with van der Waals surface area (Å²) < 4.78 is 29.6. The van der Waals surface area contributed by atoms with Crippen LogP contribution in [-0.4, -0.2) is 26.7 Å². The summed E-state index contributed by atoms with van der Waals surface area (Å²) in [6, 6.07) is 7.81. The van der Waals surface area contributed by atoms with E-state index in [4.69, 9.17) is 52.1 Å². The Morgan fingerprint density at radius 3 is 1.81 bits per heavy atom. The van der Waals surface area contributed by atoms with E-state index in [-0.39, 0.29) is 40.4 Å². The zero-order chi connectivity index (χ0) is 33.4. The van der Waals surface area contributed by atoms with Gasteiger partial charge < -0.3 is 25.5 Å². The van der Waals surface area contributed by atoms with Crippen molar-refractivity contribution in [2.24, 2.45) is 19.8 Å². The number of nitrogens with one attached hydrogen (secondary N) is 2. The summed E-state index contributed by atoms with van der Waals surface area (Å²) >= 11 is 24.0. The lowest BCUT2D eigenvalue weighted by Gasteiger charge is -2.19. The van der Waals surface area contributed by atoms with Gasteiger partial charge in [-0.05, 0) is 79.6 Å². The molecule has 47 heavy (non-hydrogen) atoms. The van der Waals surface area contributed by atoms with Gasteiger partial charge in [0.15, 0.2) is 5.78 Å². The molecule has 2 aliphatic carbocycles. The van der Waals surface area contributed by atoms with Crippen LogP contribution in [0.15, 0.2) is 36.4 Å². The first kappa shape index (κ1) is 36.4. The molecule has 6 rings (SSSR count). The highest BCUT2D eigenvalue weighted by molar-refractivity contribution is 6.34. The third-order valence-corrected chi connectivity index (χ3v) is 9.57. The van der Waals surface area contributed by atoms with Crippen molar-refractivity contribution in [2.45, 2.75) is 52.0 Å². The van der Waals surface area contributed by atoms with Crippen molar-refractivity contribution in [2.75, 3.05) is 10.6 Å². The molecule has 0 bridgehead atoms. The van der Waals surface area contributed by atoms with Crippen molar-refractivity contribution < 1.29 is 23.2 Å². The number of nitrogens with zero attached hydrogens (tertiary/aromatic N) is 2. The van der Waals surface area contributed by atoms with Crippen molar-refractivity contribution >= 4 is 75.4 Å². The van der Waals surface area contributed by atoms with Crippen LogP contribution >= 0.6 is 46.4 Å². The number of ketones is 1. The van der Waals surface area contributed by atoms with Crippen molar-refractivity contribution in [3.63, 3.8) is 0 Å². The Bertz CT molecular complexity index is 1890. The number of amides is 2. The first-order valence-electron chi connectivity index (χ1n) is 14.4. The van der Waals surface area contributed by atoms with Gasteiger partial charge in [0.1, 0.15) is 33.3 Å². The van der Waals surface area contributed by atoms with Crippen molar-refractivity contribution in [1.82, 2.24) is 9.13 Å². The largest absolute Gasteiger partial charge is 0.330 e. The van der Waals surface area contributed by atoms with Gasteiger partial charge in [-0.2, -0.15) is 0 Å². The van der Waals surface area contributed by atoms with Crippen LogP contribution < -0.4 is 16.4 Å². The summed E-state index contributed by atoms with van der Waals surface area (Å²) in [5, 5.41) is 6.04. The normalized spacial score (nSPS) is 15.1. The van der Waals surface area contributed by atoms with Crippen LogP contribution in [0.25, 0.3) is 0 Å². The average Bonchev–Trinajstić information content (AvgIpc) is 3.42. The van der Waals surface area contributed by atoms with E-state index in [9.17, 15) is 23.2 Å². The van der Waals surface area contributed by atoms with Gasteiger partial charge in [0, 0.05) is 43.5 Å². The summed E-state index contributed by atoms with van der Waals surface area (Å²) in [6.07, 6.45) is 4.27. The molecule has 8 nitrogen and oxygen atoms in total. The molecule has 14 heteroatoms. The van der Waals surface area contributed by atoms with Gasteiger partial charge in [0.25, 0.3) is 11.8 Å². The molecule has 0 aliphatic heterocycles. The monoisotopic (exact) mass is 725 g/mol. The SMILES string of the molecule is C.Cn1c(Cl)c2c(c1C(=O)Nc1ccc(F)c(Cl)c1)CCCC2=O.Cn1c(Cl)c2c(c1C(=O)Nc1ccc(F)c(Cl)c1)CCCC2N. The molecule has 2 amide bonds. The number of hydrogen-bond donors (Lipinski definition) is 3. The zero-order valence-corrected chi connectivity index (χ0v) is 27.8. The summed E-state index contributed by atoms with van der Waals surface area (Å²) in [4.78, 5) is 37.3. The summed E-state index contributed by atoms with van der Waals surface area (Å²) in [5.41, 5.74) is 10.6. The van der Waals surface area contributed by atoms with Crippen molar-refractivity contribution in [3.05, 3.63) is 102 Å². The molecule has 1 atom stereocenters. The van der Waals surface area contributed by atoms with Crippen LogP contribution in [0.5, 0.6) is 0 Å². The number of halogens is 6. The molecule has 250 valence electrons. The second-order valence-corrected chi connectivity index (χ2v) is 12.6. The lowest BCUT2D eigenvalue weighted by Crippen LogP contribution is -2.20. The number of carbonyl (C=O) groups is 3. The first-order chi connectivity index (χ1) is 21.8. The van der Waals surface area contributed by atoms with E-state index in [1.807, 2.05) is 0 Å². The number of aromatic nitrogens is 2. The maximum Gasteiger partial charge on any atom is 0.272 e. The number of nitrogens with two attached hydrogens (primary N) is 1. The molecule has 2 heterocycles. The maximum absolute atomic E-state index is 13.2. The number of benzene rings is 2. The fourth-order valence-corrected chi connectivity index (χ4v) is 6.91. The molecular weight excluding hydrogens is 694 g/mol. The summed E-state index contributed by atoms with van der Waals surface area (Å²) in [5.74, 6) is -1.86. The Hall–Kier alpha value is -3.41. The van der Waals surface area contributed by atoms with Crippen LogP contribution in [0.2, 0.25) is 20.4 Å². The third-order valence-electron chi connectivity index (χ3n) is 8.09. The molecule has 4 aromatic rings. The smallest absolute Gasteiger partial charge is 0.272 e. The Balaban J connectivity index is 0.000000208. The van der Waals surface area contributed by atoms with E-state index >= 15 is 0 Å². The molecule has 2 aliphatic rings. The number of fused-ring (bicyclic) bond motifs is 2. The molecule has 0 radical (unpaired) electrons. The third kappa shape index (κ3) is 7.22. The minimum atomic E-state index is -0.561. The fraction of sp³-hybridized carbons (Fsp3) is 0.303. The predicted molar refractivity (Wildman–Crippen MR) is 183 cm³/mol. The Labute approximate surface area is 291 Å². The van der Waals surface area contributed by atoms with Crippen LogP contribution in [0.3, 0.4) is 0 Å². The summed E-state index contributed by atoms with van der Waals surface area (Å²) in [6.45, 7) is 0. The lowest BCUT2D eigenvalue weighted by molar-refractivity contribution is 0.0971. The molecule has 2 aromatic carbocycles. The molecule has 0 fully saturated rings. The molecule has 0 saturated heterocycles. The van der Waals surface area contributed by atoms with Gasteiger partial charge >= 0.3 is 0 Å². The Morgan fingerprint density at radius 2 is 1.28 bits per heavy atom. The van der Waals surface area contributed by atoms with Crippen LogP contribution in [0, 0.1) is 11.6 Å². The van der Waals surface area contributed by atoms with E-state index in [1.54, 1.807) is 18.7 Å². The molecule has 4 N–H and O–H groups in total. The maximum atomic E-state index is 13.2. The van der Waals surface area contributed by atoms with E-state index in [2.05, 4.69) is 10.6 Å². The zero-order valence-electron chi connectivity index (χ0n) is 24.7. The van der Waals surface area contributed by atoms with E-state index < -0.39 is 17.5 Å². The average molecular weight is 727 g/mol. The standard InChI is InChI=1S/C16H16Cl2FN3O.C16H13Cl2FN2O2.CH4/c1-22-14(9-3-2-4-12(20)13(9)15(22)18)16(23)21-8-5-6-11(19)10(17)7-8;1-21-14(9-3-2-4-12(22)13(9)15(21)18)16(23)20-8-5-6-11(19)10(17)7-8;/h5-7,12H,2-4,20H2,1H3,(H,21,23);5-7H,2-4H2,1H3,(H,20,23);1H4. The molecular formula is C33H33Cl4F2N5O3. The number of carbonyl (C=O) groups excluding carboxylic acids is 3. The van der Waals surface area contributed by atoms with E-state index in [0.717, 1.165) is 30.4 Å². The van der Waals surface area contributed by atoms with Gasteiger partial charge in [-0.25, -0.2) is 8.78 Å². The number of rotatable bonds is 4. The highest BCUT2D eigenvalue weighted by Crippen LogP contribution is 2.38. The molecule has 0 spiro atoms. The van der Waals surface area contributed by atoms with Gasteiger partial charge in [-0.1, -0.05) is 53.8 Å². The van der Waals surface area contributed by atoms with E-state index in [0.29, 0.717) is 58.3 Å². The molecule has 0 saturated carbocycles. The fourth-order valence-electron chi connectivity index (χ4n) is 5.90. The summed E-state index contributed by atoms with van der Waals surface area (Å²) in [7, 11) is 3.38. The van der Waals surface area contributed by atoms with Gasteiger partial charge in [-0.3, -0.25) is 14.4 Å². The Kier molecular flexibility index (Phi) is 11.5. The van der Waals surface area contributed by atoms with Gasteiger partial charge in [0.05, 0.1) is 15.6 Å². The molecule has 2 aromatic heterocycles. The highest BCUT2D eigenvalue weighted by atomic mass is 35.5. The van der Waals surface area contributed by atoms with Crippen molar-refractivity contribution in [1.29, 1.82) is 0 Å². The first-order valence-corrected chi connectivity index (χ1v) is 15.9. The lowest BCUT2D eigenvalue weighted by atomic mass is 9.90. The van der Waals surface area contributed by atoms with Crippen LogP contribution in [0.1, 0.15) is 87.2 Å². The second-order valence-electron chi connectivity index (χ2n) is 11.1. The van der Waals surface area contributed by atoms with Gasteiger partial charge in [-0.15, -0.1) is 0 Å². The van der Waals surface area contributed by atoms with Crippen LogP contribution in [0.4, 0.5) is 20.2 Å². The number of hydrogen-bond acceptors (Lipinski definition) is 4. The van der Waals surface area contributed by atoms with Crippen molar-refractivity contribution in [3.8, 4) is 0 Å². The second kappa shape index (κ2) is 14.8. The minimum Gasteiger partial charge on any atom is -0.330 e. The topological polar surface area (TPSA) is 111 Å². The van der Waals surface area contributed by atoms with Crippen LogP contribution in [-0.2, 0) is 26.9 Å². The minimum absolute atomic E-state index is 0. The quantitative estimate of drug-likeness (QED) is 0.195. The molecule has 1 unspecified atom stereocenters. The van der Waals surface area contributed by atoms with E-state index in [1.165, 1.54) is 41.0 Å². The Morgan fingerprint density at radius 1 is 0.787 bits per heavy atom. The predicted octanol–water partition coefficient (Wildman–Crippen LogP) is 8.94. The highest BCUT2D eigenvalue weighted by Gasteiger charge is 2.32. The number of Topliss-reactive ketones (excluding diaryl/α,β-unsaturated/α-hetero) is 1. The number of anilines is 2.